The summed E-state index contributed by atoms with van der Waals surface area (Å²) in [5.41, 5.74) is -6.42. The van der Waals surface area contributed by atoms with Crippen molar-refractivity contribution >= 4 is 22.6 Å². The Labute approximate surface area is 162 Å². The number of aromatic nitrogens is 1. The van der Waals surface area contributed by atoms with Crippen LogP contribution in [0.25, 0.3) is 12.3 Å². The molecule has 0 bridgehead atoms. The Morgan fingerprint density at radius 2 is 2.25 bits per heavy atom. The van der Waals surface area contributed by atoms with Crippen molar-refractivity contribution in [2.45, 2.75) is 18.8 Å². The van der Waals surface area contributed by atoms with Gasteiger partial charge in [0.25, 0.3) is 1.43 Å². The average molecular weight is 349 g/mol. The van der Waals surface area contributed by atoms with E-state index in [9.17, 15) is 9.59 Å². The lowest BCUT2D eigenvalue weighted by atomic mass is 10.1. The molecule has 24 heavy (non-hydrogen) atoms. The lowest BCUT2D eigenvalue weighted by molar-refractivity contribution is 0.0695. The minimum Gasteiger partial charge on any atom is -0.477 e. The lowest BCUT2D eigenvalue weighted by Crippen LogP contribution is -2.43. The van der Waals surface area contributed by atoms with Gasteiger partial charge in [-0.05, 0) is 24.8 Å². The molecule has 1 saturated heterocycles. The molecular weight excluding hydrogens is 313 g/mol. The van der Waals surface area contributed by atoms with Crippen LogP contribution in [0.4, 0.5) is 10.1 Å². The van der Waals surface area contributed by atoms with Crippen molar-refractivity contribution < 1.29 is 37.6 Å². The van der Waals surface area contributed by atoms with E-state index < -0.39 is 113 Å². The van der Waals surface area contributed by atoms with Gasteiger partial charge in [0.2, 0.25) is 5.43 Å². The topological polar surface area (TPSA) is 74.6 Å². The molecule has 1 aliphatic heterocycles. The molecule has 1 aromatic heterocycles. The van der Waals surface area contributed by atoms with Gasteiger partial charge in [0.05, 0.1) is 22.2 Å². The van der Waals surface area contributed by atoms with Crippen LogP contribution in [-0.2, 0) is 0 Å². The second-order valence-electron chi connectivity index (χ2n) is 4.57. The summed E-state index contributed by atoms with van der Waals surface area (Å²) in [6.45, 7) is -15.5. The number of piperazine rings is 1. The third kappa shape index (κ3) is 2.45. The fraction of sp³-hybridized carbons (Fsp3) is 0.412. The second-order valence-corrected chi connectivity index (χ2v) is 4.57. The van der Waals surface area contributed by atoms with Gasteiger partial charge in [-0.15, -0.1) is 0 Å². The van der Waals surface area contributed by atoms with Crippen LogP contribution in [0.15, 0.2) is 23.1 Å². The van der Waals surface area contributed by atoms with E-state index in [1.165, 1.54) is 0 Å². The second kappa shape index (κ2) is 5.59. The molecule has 0 amide bonds. The molecule has 1 aliphatic carbocycles. The smallest absolute Gasteiger partial charge is 0.341 e. The summed E-state index contributed by atoms with van der Waals surface area (Å²) >= 11 is 0. The van der Waals surface area contributed by atoms with Crippen LogP contribution in [0.1, 0.15) is 51.1 Å². The zero-order valence-electron chi connectivity index (χ0n) is 29.4. The highest BCUT2D eigenvalue weighted by atomic mass is 19.1. The molecule has 0 unspecified atom stereocenters. The number of fused-ring (bicyclic) bond motifs is 1. The molecule has 2 fully saturated rings. The summed E-state index contributed by atoms with van der Waals surface area (Å²) in [5, 5.41) is 1.58. The van der Waals surface area contributed by atoms with Crippen LogP contribution in [-0.4, -0.2) is 41.6 Å². The number of carbonyl (C=O) groups is 1. The van der Waals surface area contributed by atoms with Crippen LogP contribution in [0.3, 0.4) is 0 Å². The van der Waals surface area contributed by atoms with Crippen molar-refractivity contribution in [2.24, 2.45) is 0 Å². The van der Waals surface area contributed by atoms with Crippen molar-refractivity contribution in [1.29, 1.82) is 1.43 Å². The maximum absolute atomic E-state index is 16.0. The standard InChI is InChI=1S/C17H18FN3O3/c18-13-7-11-14(8-15(13)20-5-3-19-4-6-20)21(10-1-2-10)9-12(16(11)22)17(23)24/h7-10,19H,1-6H2,(H,23,24)/i1D2,2D2,3D2,4D2,5D2,6D2,7D,8D,9D,10D/hD2. The number of pyridine rings is 1. The van der Waals surface area contributed by atoms with Gasteiger partial charge in [-0.25, -0.2) is 9.18 Å². The van der Waals surface area contributed by atoms with Gasteiger partial charge in [-0.3, -0.25) is 4.79 Å². The molecule has 7 heteroatoms. The fourth-order valence-electron chi connectivity index (χ4n) is 2.05. The quantitative estimate of drug-likeness (QED) is 0.880. The molecule has 4 rings (SSSR count). The number of hydrogen-bond donors (Lipinski definition) is 2. The first-order chi connectivity index (χ1) is 18.7. The summed E-state index contributed by atoms with van der Waals surface area (Å²) < 4.78 is 161. The average Bonchev–Trinajstić information content (AvgIpc) is 3.18. The minimum absolute atomic E-state index is 0.103. The van der Waals surface area contributed by atoms with E-state index in [-0.39, 0.29) is 4.57 Å². The molecule has 0 spiro atoms. The number of hydrogen-bond acceptors (Lipinski definition) is 5. The van der Waals surface area contributed by atoms with Crippen LogP contribution in [0, 0.1) is 5.82 Å². The van der Waals surface area contributed by atoms with Crippen molar-refractivity contribution in [1.82, 2.24) is 9.88 Å². The highest BCUT2D eigenvalue weighted by Crippen LogP contribution is 2.38. The third-order valence-corrected chi connectivity index (χ3v) is 3.14. The SMILES string of the molecule is [2H]OC(=O)c1c([2H])n(C2([2H])C([2H])([2H])C2([2H])[2H])c2c([2H])c(N3C([2H])([2H])C([2H])([2H])N([2H])C([2H])([2H])C3([2H])[2H])c(F)c([2H])c2c1=O. The molecule has 2 N–H and O–H groups in total. The summed E-state index contributed by atoms with van der Waals surface area (Å²) in [6, 6.07) is -6.73. The molecular formula is C17H18FN3O3. The van der Waals surface area contributed by atoms with E-state index in [0.717, 1.165) is 0 Å². The Hall–Kier alpha value is -2.41. The van der Waals surface area contributed by atoms with E-state index in [0.29, 0.717) is 0 Å². The van der Waals surface area contributed by atoms with E-state index in [4.69, 9.17) is 24.8 Å². The van der Waals surface area contributed by atoms with Crippen molar-refractivity contribution in [3.8, 4) is 0 Å². The Bertz CT molecular complexity index is 1580. The van der Waals surface area contributed by atoms with Crippen LogP contribution >= 0.6 is 0 Å². The largest absolute Gasteiger partial charge is 0.477 e. The van der Waals surface area contributed by atoms with E-state index in [2.05, 4.69) is 5.11 Å². The zero-order valence-corrected chi connectivity index (χ0v) is 11.4. The summed E-state index contributed by atoms with van der Waals surface area (Å²) in [4.78, 5) is 24.9. The minimum atomic E-state index is -3.95. The van der Waals surface area contributed by atoms with Crippen molar-refractivity contribution in [3.05, 3.63) is 39.9 Å². The highest BCUT2D eigenvalue weighted by molar-refractivity contribution is 5.93. The molecule has 1 aromatic carbocycles. The van der Waals surface area contributed by atoms with Gasteiger partial charge >= 0.3 is 5.97 Å². The summed E-state index contributed by atoms with van der Waals surface area (Å²) in [7, 11) is 0. The van der Waals surface area contributed by atoms with E-state index in [1.807, 2.05) is 0 Å². The van der Waals surface area contributed by atoms with E-state index >= 15 is 4.39 Å². The number of carboxylic acids is 1. The van der Waals surface area contributed by atoms with Gasteiger partial charge in [0.15, 0.2) is 0 Å². The number of aromatic carboxylic acids is 1. The normalized spacial score (nSPS) is 43.6. The molecule has 2 heterocycles. The van der Waals surface area contributed by atoms with Gasteiger partial charge in [0, 0.05) is 54.5 Å². The molecule has 1 saturated carbocycles. The van der Waals surface area contributed by atoms with Crippen molar-refractivity contribution in [2.75, 3.05) is 30.9 Å². The number of carboxylic acid groups (broad SMARTS) is 1. The molecule has 2 aromatic rings. The fourth-order valence-corrected chi connectivity index (χ4v) is 2.05. The molecule has 6 nitrogen and oxygen atoms in total. The molecule has 2 aliphatic rings. The number of anilines is 1. The molecule has 126 valence electrons. The monoisotopic (exact) mass is 349 g/mol. The first kappa shape index (κ1) is 5.05. The molecule has 0 atom stereocenters. The molecule has 0 radical (unpaired) electrons. The van der Waals surface area contributed by atoms with Crippen LogP contribution in [0.5, 0.6) is 0 Å². The number of nitrogens with one attached hydrogen (secondary N) is 1. The van der Waals surface area contributed by atoms with Crippen LogP contribution < -0.4 is 15.6 Å². The number of nitrogens with zero attached hydrogens (tertiary/aromatic N) is 2. The zero-order chi connectivity index (χ0) is 32.7. The Balaban J connectivity index is 2.32. The summed E-state index contributed by atoms with van der Waals surface area (Å²) in [5.74, 6) is -4.10. The van der Waals surface area contributed by atoms with Gasteiger partial charge in [0.1, 0.15) is 12.8 Å². The third-order valence-electron chi connectivity index (χ3n) is 3.14. The van der Waals surface area contributed by atoms with Crippen molar-refractivity contribution in [3.63, 3.8) is 0 Å². The predicted molar refractivity (Wildman–Crippen MR) is 88.5 cm³/mol. The highest BCUT2D eigenvalue weighted by Gasteiger charge is 2.28. The van der Waals surface area contributed by atoms with Crippen LogP contribution in [0.2, 0.25) is 1.41 Å². The Morgan fingerprint density at radius 3 is 2.92 bits per heavy atom. The number of benzene rings is 1. The maximum atomic E-state index is 16.0. The Morgan fingerprint density at radius 1 is 1.50 bits per heavy atom. The number of rotatable bonds is 3. The van der Waals surface area contributed by atoms with Gasteiger partial charge < -0.3 is 19.9 Å². The number of halogens is 1. The maximum Gasteiger partial charge on any atom is 0.341 e. The first-order valence-corrected chi connectivity index (χ1v) is 6.34. The Kier molecular flexibility index (Phi) is 1.18. The first-order valence-electron chi connectivity index (χ1n) is 15.2. The summed E-state index contributed by atoms with van der Waals surface area (Å²) in [6.07, 6.45) is -8.11. The lowest BCUT2D eigenvalue weighted by Gasteiger charge is -2.30. The van der Waals surface area contributed by atoms with Gasteiger partial charge in [-0.2, -0.15) is 0 Å². The van der Waals surface area contributed by atoms with E-state index in [1.54, 1.807) is 0 Å². The van der Waals surface area contributed by atoms with Gasteiger partial charge in [-0.1, -0.05) is 0 Å². The predicted octanol–water partition coefficient (Wildman–Crippen LogP) is 1.58.